The summed E-state index contributed by atoms with van der Waals surface area (Å²) < 4.78 is 1.81. The van der Waals surface area contributed by atoms with E-state index in [2.05, 4.69) is 90.6 Å². The Hall–Kier alpha value is -2.26. The molecule has 2 aromatic heterocycles. The number of piperidine rings is 1. The quantitative estimate of drug-likeness (QED) is 0.477. The lowest BCUT2D eigenvalue weighted by Crippen LogP contribution is -2.55. The first-order valence-electron chi connectivity index (χ1n) is 14.2. The minimum Gasteiger partial charge on any atom is -0.371 e. The zero-order valence-corrected chi connectivity index (χ0v) is 24.7. The number of piperazine rings is 1. The fraction of sp³-hybridized carbons (Fsp3) is 0.600. The van der Waals surface area contributed by atoms with Crippen LogP contribution in [0.25, 0.3) is 10.9 Å². The van der Waals surface area contributed by atoms with Crippen LogP contribution in [-0.4, -0.2) is 71.7 Å². The van der Waals surface area contributed by atoms with E-state index >= 15 is 0 Å². The number of fused-ring (bicyclic) bond motifs is 1. The van der Waals surface area contributed by atoms with E-state index in [9.17, 15) is 4.79 Å². The van der Waals surface area contributed by atoms with Crippen LogP contribution in [0.4, 0.5) is 5.69 Å². The number of nitrogens with one attached hydrogen (secondary N) is 1. The van der Waals surface area contributed by atoms with Gasteiger partial charge in [-0.3, -0.25) is 19.2 Å². The number of aromatic nitrogens is 2. The van der Waals surface area contributed by atoms with Gasteiger partial charge in [0.05, 0.1) is 22.5 Å². The largest absolute Gasteiger partial charge is 0.371 e. The summed E-state index contributed by atoms with van der Waals surface area (Å²) in [5, 5.41) is 6.53. The first-order valence-corrected chi connectivity index (χ1v) is 15.1. The number of thiophene rings is 1. The summed E-state index contributed by atoms with van der Waals surface area (Å²) in [7, 11) is 6.31. The molecule has 2 aliphatic heterocycles. The zero-order chi connectivity index (χ0) is 27.0. The maximum absolute atomic E-state index is 13.7. The van der Waals surface area contributed by atoms with Crippen LogP contribution in [0.2, 0.25) is 0 Å². The molecule has 0 saturated carbocycles. The third-order valence-corrected chi connectivity index (χ3v) is 9.84. The molecule has 0 spiro atoms. The van der Waals surface area contributed by atoms with E-state index in [-0.39, 0.29) is 17.1 Å². The Labute approximate surface area is 231 Å². The Bertz CT molecular complexity index is 1280. The van der Waals surface area contributed by atoms with Crippen molar-refractivity contribution in [2.24, 2.45) is 7.05 Å². The molecule has 0 radical (unpaired) electrons. The van der Waals surface area contributed by atoms with Gasteiger partial charge in [0, 0.05) is 55.9 Å². The molecule has 2 aliphatic rings. The summed E-state index contributed by atoms with van der Waals surface area (Å²) in [6.45, 7) is 10.6. The Morgan fingerprint density at radius 2 is 1.87 bits per heavy atom. The molecule has 1 aromatic carbocycles. The highest BCUT2D eigenvalue weighted by Gasteiger charge is 2.39. The molecule has 7 nitrogen and oxygen atoms in total. The van der Waals surface area contributed by atoms with Gasteiger partial charge in [0.2, 0.25) is 0 Å². The van der Waals surface area contributed by atoms with Crippen molar-refractivity contribution < 1.29 is 0 Å². The lowest BCUT2D eigenvalue weighted by Gasteiger charge is -2.46. The van der Waals surface area contributed by atoms with Crippen molar-refractivity contribution in [2.45, 2.75) is 70.1 Å². The summed E-state index contributed by atoms with van der Waals surface area (Å²) in [5.74, 6) is 0.892. The molecule has 8 heteroatoms. The fourth-order valence-corrected chi connectivity index (χ4v) is 7.80. The molecule has 1 N–H and O–H groups in total. The number of hydrogen-bond acceptors (Lipinski definition) is 7. The minimum absolute atomic E-state index is 0.0578. The summed E-state index contributed by atoms with van der Waals surface area (Å²) in [4.78, 5) is 27.6. The van der Waals surface area contributed by atoms with E-state index in [4.69, 9.17) is 4.98 Å². The predicted octanol–water partition coefficient (Wildman–Crippen LogP) is 4.58. The smallest absolute Gasteiger partial charge is 0.261 e. The molecule has 2 saturated heterocycles. The third kappa shape index (κ3) is 5.04. The standard InChI is InChI=1S/C30H44N6OS/c1-7-9-26(36-19-21(2)31-22(3)20-36)28-32-25-12-11-23(18-24(25)29(37)34(28)6)35-15-13-30(14-16-35,33(4)5)27-10-8-17-38-27/h8,10-12,17-18,21-22,26,31H,7,9,13-16,19-20H2,1-6H3/t21-,22+,26?. The van der Waals surface area contributed by atoms with Gasteiger partial charge in [0.15, 0.2) is 0 Å². The highest BCUT2D eigenvalue weighted by Crippen LogP contribution is 2.41. The highest BCUT2D eigenvalue weighted by atomic mass is 32.1. The van der Waals surface area contributed by atoms with Crippen molar-refractivity contribution in [2.75, 3.05) is 45.2 Å². The summed E-state index contributed by atoms with van der Waals surface area (Å²) in [6.07, 6.45) is 4.18. The van der Waals surface area contributed by atoms with Gasteiger partial charge in [0.25, 0.3) is 5.56 Å². The molecule has 38 heavy (non-hydrogen) atoms. The molecule has 206 valence electrons. The van der Waals surface area contributed by atoms with E-state index in [1.54, 1.807) is 0 Å². The molecule has 1 unspecified atom stereocenters. The Balaban J connectivity index is 1.43. The normalized spacial score (nSPS) is 23.3. The highest BCUT2D eigenvalue weighted by molar-refractivity contribution is 7.10. The second kappa shape index (κ2) is 11.1. The van der Waals surface area contributed by atoms with Crippen LogP contribution in [0.5, 0.6) is 0 Å². The van der Waals surface area contributed by atoms with Gasteiger partial charge in [-0.25, -0.2) is 4.98 Å². The van der Waals surface area contributed by atoms with Crippen molar-refractivity contribution in [3.05, 3.63) is 56.8 Å². The van der Waals surface area contributed by atoms with Crippen molar-refractivity contribution in [3.63, 3.8) is 0 Å². The third-order valence-electron chi connectivity index (χ3n) is 8.77. The number of benzene rings is 1. The molecule has 3 atom stereocenters. The lowest BCUT2D eigenvalue weighted by atomic mass is 9.84. The first kappa shape index (κ1) is 27.3. The van der Waals surface area contributed by atoms with Gasteiger partial charge in [0.1, 0.15) is 5.82 Å². The lowest BCUT2D eigenvalue weighted by molar-refractivity contribution is 0.109. The van der Waals surface area contributed by atoms with Crippen molar-refractivity contribution in [1.82, 2.24) is 24.7 Å². The van der Waals surface area contributed by atoms with Gasteiger partial charge in [-0.2, -0.15) is 0 Å². The fourth-order valence-electron chi connectivity index (χ4n) is 6.73. The average Bonchev–Trinajstić information content (AvgIpc) is 3.44. The second-order valence-corrected chi connectivity index (χ2v) is 12.6. The molecular formula is C30H44N6OS. The zero-order valence-electron chi connectivity index (χ0n) is 23.9. The van der Waals surface area contributed by atoms with Gasteiger partial charge in [-0.1, -0.05) is 19.4 Å². The van der Waals surface area contributed by atoms with E-state index < -0.39 is 0 Å². The predicted molar refractivity (Wildman–Crippen MR) is 159 cm³/mol. The molecule has 0 amide bonds. The Morgan fingerprint density at radius 3 is 2.47 bits per heavy atom. The second-order valence-electron chi connectivity index (χ2n) is 11.7. The van der Waals surface area contributed by atoms with Crippen LogP contribution in [0.3, 0.4) is 0 Å². The van der Waals surface area contributed by atoms with Crippen LogP contribution < -0.4 is 15.8 Å². The SMILES string of the molecule is CCCC(c1nc2ccc(N3CCC(c4cccs4)(N(C)C)CC3)cc2c(=O)n1C)N1C[C@@H](C)N[C@@H](C)C1. The molecule has 0 bridgehead atoms. The van der Waals surface area contributed by atoms with Crippen molar-refractivity contribution in [3.8, 4) is 0 Å². The van der Waals surface area contributed by atoms with Crippen LogP contribution in [0, 0.1) is 0 Å². The van der Waals surface area contributed by atoms with E-state index in [0.717, 1.165) is 68.9 Å². The maximum atomic E-state index is 13.7. The number of hydrogen-bond donors (Lipinski definition) is 1. The minimum atomic E-state index is 0.0578. The molecular weight excluding hydrogens is 492 g/mol. The van der Waals surface area contributed by atoms with E-state index in [0.29, 0.717) is 17.5 Å². The van der Waals surface area contributed by atoms with Gasteiger partial charge in [-0.15, -0.1) is 11.3 Å². The summed E-state index contributed by atoms with van der Waals surface area (Å²) in [5.41, 5.74) is 2.07. The van der Waals surface area contributed by atoms with Crippen LogP contribution >= 0.6 is 11.3 Å². The first-order chi connectivity index (χ1) is 18.2. The van der Waals surface area contributed by atoms with Crippen LogP contribution in [0.1, 0.15) is 63.2 Å². The van der Waals surface area contributed by atoms with Crippen LogP contribution in [-0.2, 0) is 12.6 Å². The van der Waals surface area contributed by atoms with E-state index in [1.165, 1.54) is 4.88 Å². The molecule has 0 aliphatic carbocycles. The number of nitrogens with zero attached hydrogens (tertiary/aromatic N) is 5. The van der Waals surface area contributed by atoms with Crippen LogP contribution in [0.15, 0.2) is 40.5 Å². The average molecular weight is 537 g/mol. The summed E-state index contributed by atoms with van der Waals surface area (Å²) >= 11 is 1.86. The van der Waals surface area contributed by atoms with Crippen molar-refractivity contribution >= 4 is 27.9 Å². The van der Waals surface area contributed by atoms with Gasteiger partial charge < -0.3 is 10.2 Å². The molecule has 4 heterocycles. The summed E-state index contributed by atoms with van der Waals surface area (Å²) in [6, 6.07) is 11.7. The molecule has 5 rings (SSSR count). The topological polar surface area (TPSA) is 56.6 Å². The van der Waals surface area contributed by atoms with Gasteiger partial charge in [-0.05, 0) is 76.9 Å². The monoisotopic (exact) mass is 536 g/mol. The molecule has 2 fully saturated rings. The molecule has 3 aromatic rings. The number of rotatable bonds is 7. The Morgan fingerprint density at radius 1 is 1.16 bits per heavy atom. The van der Waals surface area contributed by atoms with Gasteiger partial charge >= 0.3 is 0 Å². The number of anilines is 1. The van der Waals surface area contributed by atoms with Crippen molar-refractivity contribution in [1.29, 1.82) is 0 Å². The van der Waals surface area contributed by atoms with E-state index in [1.807, 2.05) is 23.0 Å². The Kier molecular flexibility index (Phi) is 7.96. The maximum Gasteiger partial charge on any atom is 0.261 e.